The minimum atomic E-state index is -0.176. The molecule has 7 heteroatoms. The van der Waals surface area contributed by atoms with Crippen LogP contribution in [0.25, 0.3) is 0 Å². The second kappa shape index (κ2) is 9.63. The smallest absolute Gasteiger partial charge is 0.279 e. The van der Waals surface area contributed by atoms with Crippen LogP contribution >= 0.6 is 0 Å². The third-order valence-electron chi connectivity index (χ3n) is 5.25. The maximum Gasteiger partial charge on any atom is 0.279 e. The Bertz CT molecular complexity index is 929. The van der Waals surface area contributed by atoms with Crippen molar-refractivity contribution in [1.82, 2.24) is 5.32 Å². The fourth-order valence-electron chi connectivity index (χ4n) is 3.40. The van der Waals surface area contributed by atoms with Gasteiger partial charge in [0.05, 0.1) is 13.1 Å². The van der Waals surface area contributed by atoms with E-state index in [0.717, 1.165) is 33.0 Å². The van der Waals surface area contributed by atoms with E-state index in [2.05, 4.69) is 10.6 Å². The van der Waals surface area contributed by atoms with E-state index < -0.39 is 0 Å². The Labute approximate surface area is 177 Å². The highest BCUT2D eigenvalue weighted by molar-refractivity contribution is 5.92. The highest BCUT2D eigenvalue weighted by atomic mass is 16.6. The first-order valence-corrected chi connectivity index (χ1v) is 10.2. The van der Waals surface area contributed by atoms with Crippen LogP contribution in [0.15, 0.2) is 36.4 Å². The molecule has 1 unspecified atom stereocenters. The minimum Gasteiger partial charge on any atom is -0.486 e. The van der Waals surface area contributed by atoms with E-state index in [1.807, 2.05) is 64.2 Å². The molecular formula is C23H30N3O4+. The Hall–Kier alpha value is -3.06. The fraction of sp³-hybridized carbons (Fsp3) is 0.391. The summed E-state index contributed by atoms with van der Waals surface area (Å²) in [6.07, 6.45) is 0. The number of ether oxygens (including phenoxy) is 2. The quantitative estimate of drug-likeness (QED) is 0.642. The summed E-state index contributed by atoms with van der Waals surface area (Å²) >= 11 is 0. The number of nitrogens with one attached hydrogen (secondary N) is 3. The standard InChI is InChI=1S/C23H29N3O4/c1-15-6-5-7-19(16(15)2)25-23(28)14-26(4)13-22(27)24-17(3)18-8-9-20-21(12-18)30-11-10-29-20/h5-9,12,17H,10-11,13-14H2,1-4H3,(H,24,27)(H,25,28)/p+1/t17-/m0/s1. The molecule has 160 valence electrons. The molecule has 0 radical (unpaired) electrons. The lowest BCUT2D eigenvalue weighted by Gasteiger charge is -2.21. The van der Waals surface area contributed by atoms with Crippen molar-refractivity contribution in [3.05, 3.63) is 53.1 Å². The van der Waals surface area contributed by atoms with Gasteiger partial charge in [-0.25, -0.2) is 0 Å². The number of rotatable bonds is 7. The number of aryl methyl sites for hydroxylation is 1. The maximum absolute atomic E-state index is 12.4. The Kier molecular flexibility index (Phi) is 6.95. The van der Waals surface area contributed by atoms with Crippen LogP contribution in [-0.4, -0.2) is 45.2 Å². The second-order valence-electron chi connectivity index (χ2n) is 7.80. The molecule has 0 saturated carbocycles. The lowest BCUT2D eigenvalue weighted by Crippen LogP contribution is -3.11. The molecule has 3 N–H and O–H groups in total. The molecule has 3 rings (SSSR count). The number of carbonyl (C=O) groups excluding carboxylic acids is 2. The molecule has 2 aromatic carbocycles. The highest BCUT2D eigenvalue weighted by Crippen LogP contribution is 2.32. The zero-order chi connectivity index (χ0) is 21.7. The van der Waals surface area contributed by atoms with Crippen molar-refractivity contribution in [2.24, 2.45) is 0 Å². The third kappa shape index (κ3) is 5.51. The molecule has 2 aromatic rings. The molecule has 30 heavy (non-hydrogen) atoms. The van der Waals surface area contributed by atoms with Crippen LogP contribution in [0.2, 0.25) is 0 Å². The molecule has 0 aliphatic carbocycles. The van der Waals surface area contributed by atoms with Crippen molar-refractivity contribution in [3.63, 3.8) is 0 Å². The number of amides is 2. The third-order valence-corrected chi connectivity index (χ3v) is 5.25. The molecule has 1 heterocycles. The minimum absolute atomic E-state index is 0.116. The van der Waals surface area contributed by atoms with Gasteiger partial charge in [0.15, 0.2) is 24.6 Å². The molecule has 1 aliphatic rings. The van der Waals surface area contributed by atoms with Crippen LogP contribution in [-0.2, 0) is 9.59 Å². The normalized spacial score (nSPS) is 14.5. The molecule has 0 spiro atoms. The Morgan fingerprint density at radius 3 is 2.50 bits per heavy atom. The van der Waals surface area contributed by atoms with E-state index in [9.17, 15) is 9.59 Å². The van der Waals surface area contributed by atoms with Gasteiger partial charge in [-0.15, -0.1) is 0 Å². The monoisotopic (exact) mass is 412 g/mol. The summed E-state index contributed by atoms with van der Waals surface area (Å²) in [6.45, 7) is 7.39. The number of fused-ring (bicyclic) bond motifs is 1. The van der Waals surface area contributed by atoms with Crippen molar-refractivity contribution in [2.75, 3.05) is 38.7 Å². The van der Waals surface area contributed by atoms with Crippen molar-refractivity contribution in [2.45, 2.75) is 26.8 Å². The van der Waals surface area contributed by atoms with Gasteiger partial charge in [0, 0.05) is 5.69 Å². The molecule has 0 bridgehead atoms. The predicted molar refractivity (Wildman–Crippen MR) is 115 cm³/mol. The van der Waals surface area contributed by atoms with Gasteiger partial charge in [-0.2, -0.15) is 0 Å². The maximum atomic E-state index is 12.4. The molecule has 2 atom stereocenters. The first-order chi connectivity index (χ1) is 14.3. The van der Waals surface area contributed by atoms with Crippen molar-refractivity contribution >= 4 is 17.5 Å². The van der Waals surface area contributed by atoms with Gasteiger partial charge >= 0.3 is 0 Å². The molecule has 7 nitrogen and oxygen atoms in total. The molecule has 0 fully saturated rings. The summed E-state index contributed by atoms with van der Waals surface area (Å²) in [5.74, 6) is 1.19. The summed E-state index contributed by atoms with van der Waals surface area (Å²) in [6, 6.07) is 11.3. The lowest BCUT2D eigenvalue weighted by molar-refractivity contribution is -0.862. The number of carbonyl (C=O) groups is 2. The number of benzene rings is 2. The van der Waals surface area contributed by atoms with Gasteiger partial charge in [0.25, 0.3) is 11.8 Å². The van der Waals surface area contributed by atoms with Gasteiger partial charge < -0.3 is 25.0 Å². The van der Waals surface area contributed by atoms with Crippen molar-refractivity contribution in [1.29, 1.82) is 0 Å². The van der Waals surface area contributed by atoms with Crippen LogP contribution in [0.3, 0.4) is 0 Å². The Morgan fingerprint density at radius 2 is 1.73 bits per heavy atom. The second-order valence-corrected chi connectivity index (χ2v) is 7.80. The van der Waals surface area contributed by atoms with Gasteiger partial charge in [0.1, 0.15) is 13.2 Å². The molecule has 1 aliphatic heterocycles. The van der Waals surface area contributed by atoms with Crippen LogP contribution < -0.4 is 25.0 Å². The summed E-state index contributed by atoms with van der Waals surface area (Å²) in [4.78, 5) is 25.6. The fourth-order valence-corrected chi connectivity index (χ4v) is 3.40. The first-order valence-electron chi connectivity index (χ1n) is 10.2. The van der Waals surface area contributed by atoms with Gasteiger partial charge in [0.2, 0.25) is 0 Å². The number of likely N-dealkylation sites (N-methyl/N-ethyl adjacent to an activating group) is 1. The number of anilines is 1. The summed E-state index contributed by atoms with van der Waals surface area (Å²) in [7, 11) is 1.83. The zero-order valence-electron chi connectivity index (χ0n) is 18.0. The number of hydrogen-bond donors (Lipinski definition) is 3. The molecule has 2 amide bonds. The van der Waals surface area contributed by atoms with Crippen molar-refractivity contribution < 1.29 is 24.0 Å². The van der Waals surface area contributed by atoms with E-state index >= 15 is 0 Å². The van der Waals surface area contributed by atoms with Crippen LogP contribution in [0.1, 0.15) is 29.7 Å². The lowest BCUT2D eigenvalue weighted by atomic mass is 10.1. The van der Waals surface area contributed by atoms with E-state index in [1.165, 1.54) is 0 Å². The van der Waals surface area contributed by atoms with Crippen LogP contribution in [0.5, 0.6) is 11.5 Å². The predicted octanol–water partition coefficient (Wildman–Crippen LogP) is 1.41. The Balaban J connectivity index is 1.49. The Morgan fingerprint density at radius 1 is 1.03 bits per heavy atom. The molecule has 0 aromatic heterocycles. The average Bonchev–Trinajstić information content (AvgIpc) is 2.70. The molecular weight excluding hydrogens is 382 g/mol. The highest BCUT2D eigenvalue weighted by Gasteiger charge is 2.19. The average molecular weight is 413 g/mol. The number of quaternary nitrogens is 1. The zero-order valence-corrected chi connectivity index (χ0v) is 18.0. The van der Waals surface area contributed by atoms with Crippen LogP contribution in [0, 0.1) is 13.8 Å². The van der Waals surface area contributed by atoms with Gasteiger partial charge in [-0.3, -0.25) is 9.59 Å². The first kappa shape index (κ1) is 21.6. The summed E-state index contributed by atoms with van der Waals surface area (Å²) < 4.78 is 11.1. The topological polar surface area (TPSA) is 81.1 Å². The van der Waals surface area contributed by atoms with E-state index in [0.29, 0.717) is 19.0 Å². The van der Waals surface area contributed by atoms with E-state index in [-0.39, 0.29) is 30.9 Å². The van der Waals surface area contributed by atoms with Crippen molar-refractivity contribution in [3.8, 4) is 11.5 Å². The largest absolute Gasteiger partial charge is 0.486 e. The van der Waals surface area contributed by atoms with Gasteiger partial charge in [-0.1, -0.05) is 18.2 Å². The van der Waals surface area contributed by atoms with Crippen LogP contribution in [0.4, 0.5) is 5.69 Å². The SMILES string of the molecule is Cc1cccc(NC(=O)C[NH+](C)CC(=O)N[C@@H](C)c2ccc3c(c2)OCCO3)c1C. The van der Waals surface area contributed by atoms with Gasteiger partial charge in [-0.05, 0) is 55.7 Å². The van der Waals surface area contributed by atoms with E-state index in [4.69, 9.17) is 9.47 Å². The number of hydrogen-bond acceptors (Lipinski definition) is 4. The summed E-state index contributed by atoms with van der Waals surface area (Å²) in [5.41, 5.74) is 3.93. The van der Waals surface area contributed by atoms with E-state index in [1.54, 1.807) is 0 Å². The summed E-state index contributed by atoms with van der Waals surface area (Å²) in [5, 5.41) is 5.92. The molecule has 0 saturated heterocycles.